The lowest BCUT2D eigenvalue weighted by atomic mass is 9.87. The highest BCUT2D eigenvalue weighted by Crippen LogP contribution is 2.30. The Labute approximate surface area is 86.7 Å². The first-order chi connectivity index (χ1) is 5.77. The Morgan fingerprint density at radius 3 is 2.08 bits per heavy atom. The van der Waals surface area contributed by atoms with Gasteiger partial charge in [0.05, 0.1) is 0 Å². The maximum atomic E-state index is 10.4. The van der Waals surface area contributed by atoms with E-state index in [4.69, 9.17) is 0 Å². The van der Waals surface area contributed by atoms with Crippen LogP contribution < -0.4 is 0 Å². The normalized spacial score (nSPS) is 13.0. The van der Waals surface area contributed by atoms with Gasteiger partial charge in [0.25, 0.3) is 0 Å². The van der Waals surface area contributed by atoms with Crippen LogP contribution in [0.2, 0.25) is 0 Å². The van der Waals surface area contributed by atoms with Crippen molar-refractivity contribution in [2.24, 2.45) is 5.41 Å². The molecule has 13 heavy (non-hydrogen) atoms. The second-order valence-corrected chi connectivity index (χ2v) is 7.17. The molecule has 78 valence electrons. The van der Waals surface area contributed by atoms with Crippen molar-refractivity contribution < 1.29 is 4.79 Å². The van der Waals surface area contributed by atoms with Crippen molar-refractivity contribution in [3.63, 3.8) is 0 Å². The zero-order valence-electron chi connectivity index (χ0n) is 9.52. The van der Waals surface area contributed by atoms with E-state index >= 15 is 0 Å². The van der Waals surface area contributed by atoms with Crippen molar-refractivity contribution in [1.29, 1.82) is 0 Å². The molecule has 0 aliphatic heterocycles. The topological polar surface area (TPSA) is 17.1 Å². The lowest BCUT2D eigenvalue weighted by molar-refractivity contribution is -0.109. The Hall–Kier alpha value is 0.0200. The van der Waals surface area contributed by atoms with E-state index in [0.29, 0.717) is 11.2 Å². The summed E-state index contributed by atoms with van der Waals surface area (Å²) in [5.74, 6) is 1.14. The molecule has 0 spiro atoms. The van der Waals surface area contributed by atoms with Gasteiger partial charge in [0.2, 0.25) is 0 Å². The van der Waals surface area contributed by atoms with Crippen LogP contribution in [0, 0.1) is 5.41 Å². The highest BCUT2D eigenvalue weighted by molar-refractivity contribution is 8.00. The van der Waals surface area contributed by atoms with Gasteiger partial charge in [-0.3, -0.25) is 0 Å². The van der Waals surface area contributed by atoms with Crippen LogP contribution >= 0.6 is 11.8 Å². The minimum Gasteiger partial charge on any atom is -0.303 e. The van der Waals surface area contributed by atoms with Crippen LogP contribution in [0.25, 0.3) is 0 Å². The van der Waals surface area contributed by atoms with Crippen LogP contribution in [-0.2, 0) is 4.79 Å². The van der Waals surface area contributed by atoms with E-state index in [2.05, 4.69) is 34.6 Å². The molecule has 2 heteroatoms. The van der Waals surface area contributed by atoms with E-state index in [9.17, 15) is 4.79 Å². The van der Waals surface area contributed by atoms with Gasteiger partial charge in [-0.1, -0.05) is 34.6 Å². The number of rotatable bonds is 5. The van der Waals surface area contributed by atoms with Crippen molar-refractivity contribution in [3.05, 3.63) is 0 Å². The molecule has 0 heterocycles. The molecular weight excluding hydrogens is 180 g/mol. The molecule has 0 radical (unpaired) electrons. The van der Waals surface area contributed by atoms with Gasteiger partial charge < -0.3 is 4.79 Å². The summed E-state index contributed by atoms with van der Waals surface area (Å²) >= 11 is 1.97. The minimum atomic E-state index is 0.181. The zero-order chi connectivity index (χ0) is 10.5. The predicted octanol–water partition coefficient (Wildman–Crippen LogP) is 3.52. The van der Waals surface area contributed by atoms with Gasteiger partial charge in [-0.15, -0.1) is 0 Å². The molecule has 0 fully saturated rings. The van der Waals surface area contributed by atoms with E-state index in [-0.39, 0.29) is 5.41 Å². The van der Waals surface area contributed by atoms with Gasteiger partial charge in [0, 0.05) is 11.2 Å². The van der Waals surface area contributed by atoms with Gasteiger partial charge in [-0.25, -0.2) is 0 Å². The number of aldehydes is 1. The molecule has 0 aromatic heterocycles. The maximum Gasteiger partial charge on any atom is 0.120 e. The quantitative estimate of drug-likeness (QED) is 0.634. The number of thioether (sulfide) groups is 1. The molecule has 0 unspecified atom stereocenters. The summed E-state index contributed by atoms with van der Waals surface area (Å²) in [6, 6.07) is 0. The third-order valence-corrected chi connectivity index (χ3v) is 3.22. The van der Waals surface area contributed by atoms with Crippen LogP contribution in [0.1, 0.15) is 47.5 Å². The summed E-state index contributed by atoms with van der Waals surface area (Å²) < 4.78 is 0.345. The van der Waals surface area contributed by atoms with Gasteiger partial charge in [0.15, 0.2) is 0 Å². The van der Waals surface area contributed by atoms with Crippen molar-refractivity contribution >= 4 is 18.0 Å². The Bertz CT molecular complexity index is 156. The molecule has 0 rings (SSSR count). The van der Waals surface area contributed by atoms with Crippen molar-refractivity contribution in [2.75, 3.05) is 5.75 Å². The fourth-order valence-corrected chi connectivity index (χ4v) is 2.23. The second-order valence-electron chi connectivity index (χ2n) is 5.25. The van der Waals surface area contributed by atoms with Crippen molar-refractivity contribution in [3.8, 4) is 0 Å². The molecule has 0 aromatic rings. The summed E-state index contributed by atoms with van der Waals surface area (Å²) in [6.07, 6.45) is 2.83. The number of hydrogen-bond donors (Lipinski definition) is 0. The Morgan fingerprint density at radius 2 is 1.69 bits per heavy atom. The third-order valence-electron chi connectivity index (χ3n) is 1.95. The fourth-order valence-electron chi connectivity index (χ4n) is 0.961. The molecule has 0 N–H and O–H groups in total. The van der Waals surface area contributed by atoms with Gasteiger partial charge >= 0.3 is 0 Å². The monoisotopic (exact) mass is 202 g/mol. The summed E-state index contributed by atoms with van der Waals surface area (Å²) in [7, 11) is 0. The first-order valence-corrected chi connectivity index (χ1v) is 5.83. The lowest BCUT2D eigenvalue weighted by Crippen LogP contribution is -2.16. The number of carbonyl (C=O) groups excluding carboxylic acids is 1. The SMILES string of the molecule is CC(C)(CC=O)CCSC(C)(C)C. The highest BCUT2D eigenvalue weighted by atomic mass is 32.2. The van der Waals surface area contributed by atoms with Gasteiger partial charge in [-0.2, -0.15) is 11.8 Å². The van der Waals surface area contributed by atoms with Crippen LogP contribution in [-0.4, -0.2) is 16.8 Å². The highest BCUT2D eigenvalue weighted by Gasteiger charge is 2.18. The molecule has 0 bridgehead atoms. The molecule has 0 aromatic carbocycles. The maximum absolute atomic E-state index is 10.4. The van der Waals surface area contributed by atoms with E-state index in [1.165, 1.54) is 0 Å². The third kappa shape index (κ3) is 8.35. The Balaban J connectivity index is 3.69. The molecule has 0 amide bonds. The summed E-state index contributed by atoms with van der Waals surface area (Å²) in [4.78, 5) is 10.4. The van der Waals surface area contributed by atoms with Crippen LogP contribution in [0.5, 0.6) is 0 Å². The van der Waals surface area contributed by atoms with E-state index < -0.39 is 0 Å². The minimum absolute atomic E-state index is 0.181. The molecule has 1 nitrogen and oxygen atoms in total. The van der Waals surface area contributed by atoms with Crippen molar-refractivity contribution in [1.82, 2.24) is 0 Å². The van der Waals surface area contributed by atoms with E-state index in [1.807, 2.05) is 11.8 Å². The summed E-state index contributed by atoms with van der Waals surface area (Å²) in [6.45, 7) is 11.0. The standard InChI is InChI=1S/C11H22OS/c1-10(2,3)13-9-7-11(4,5)6-8-12/h8H,6-7,9H2,1-5H3. The first kappa shape index (κ1) is 13.0. The molecule has 0 saturated carbocycles. The smallest absolute Gasteiger partial charge is 0.120 e. The molecular formula is C11H22OS. The molecule has 0 aliphatic carbocycles. The van der Waals surface area contributed by atoms with E-state index in [0.717, 1.165) is 18.5 Å². The average Bonchev–Trinajstić information content (AvgIpc) is 1.82. The van der Waals surface area contributed by atoms with Gasteiger partial charge in [0.1, 0.15) is 6.29 Å². The summed E-state index contributed by atoms with van der Waals surface area (Å²) in [5, 5.41) is 0. The zero-order valence-corrected chi connectivity index (χ0v) is 10.3. The van der Waals surface area contributed by atoms with Crippen LogP contribution in [0.3, 0.4) is 0 Å². The summed E-state index contributed by atoms with van der Waals surface area (Å²) in [5.41, 5.74) is 0.181. The number of carbonyl (C=O) groups is 1. The Kier molecular flexibility index (Phi) is 5.05. The molecule has 0 saturated heterocycles. The second kappa shape index (κ2) is 5.04. The van der Waals surface area contributed by atoms with E-state index in [1.54, 1.807) is 0 Å². The Morgan fingerprint density at radius 1 is 1.15 bits per heavy atom. The molecule has 0 aliphatic rings. The average molecular weight is 202 g/mol. The van der Waals surface area contributed by atoms with Crippen LogP contribution in [0.4, 0.5) is 0 Å². The fraction of sp³-hybridized carbons (Fsp3) is 0.909. The van der Waals surface area contributed by atoms with Gasteiger partial charge in [-0.05, 0) is 17.6 Å². The lowest BCUT2D eigenvalue weighted by Gasteiger charge is -2.24. The van der Waals surface area contributed by atoms with Crippen molar-refractivity contribution in [2.45, 2.75) is 52.2 Å². The van der Waals surface area contributed by atoms with Crippen LogP contribution in [0.15, 0.2) is 0 Å². The first-order valence-electron chi connectivity index (χ1n) is 4.84. The predicted molar refractivity (Wildman–Crippen MR) is 61.3 cm³/mol. The number of hydrogen-bond acceptors (Lipinski definition) is 2. The molecule has 0 atom stereocenters. The largest absolute Gasteiger partial charge is 0.303 e.